The third-order valence-electron chi connectivity index (χ3n) is 2.92. The van der Waals surface area contributed by atoms with Crippen molar-refractivity contribution in [2.75, 3.05) is 13.2 Å². The van der Waals surface area contributed by atoms with E-state index in [1.165, 1.54) is 5.56 Å². The maximum atomic E-state index is 11.9. The number of rotatable bonds is 5. The first-order chi connectivity index (χ1) is 9.08. The molecule has 1 aromatic carbocycles. The van der Waals surface area contributed by atoms with E-state index >= 15 is 0 Å². The first kappa shape index (κ1) is 17.0. The van der Waals surface area contributed by atoms with Gasteiger partial charge in [0, 0.05) is 6.04 Å². The highest BCUT2D eigenvalue weighted by Gasteiger charge is 2.27. The van der Waals surface area contributed by atoms with Gasteiger partial charge in [0.2, 0.25) is 0 Å². The van der Waals surface area contributed by atoms with E-state index in [9.17, 15) is 13.2 Å². The largest absolute Gasteiger partial charge is 0.411 e. The molecule has 1 aromatic rings. The highest BCUT2D eigenvalue weighted by atomic mass is 19.4. The van der Waals surface area contributed by atoms with Gasteiger partial charge in [0.25, 0.3) is 0 Å². The summed E-state index contributed by atoms with van der Waals surface area (Å²) < 4.78 is 40.3. The summed E-state index contributed by atoms with van der Waals surface area (Å²) in [5, 5.41) is 0. The SMILES string of the molecule is CC(C)(C)c1ccc(CC(N)COCC(F)(F)F)cc1. The summed E-state index contributed by atoms with van der Waals surface area (Å²) in [4.78, 5) is 0. The van der Waals surface area contributed by atoms with Crippen molar-refractivity contribution >= 4 is 0 Å². The maximum Gasteiger partial charge on any atom is 0.411 e. The minimum Gasteiger partial charge on any atom is -0.370 e. The van der Waals surface area contributed by atoms with Gasteiger partial charge in [0.05, 0.1) is 6.61 Å². The van der Waals surface area contributed by atoms with Crippen molar-refractivity contribution in [3.05, 3.63) is 35.4 Å². The van der Waals surface area contributed by atoms with E-state index in [0.29, 0.717) is 6.42 Å². The van der Waals surface area contributed by atoms with Gasteiger partial charge >= 0.3 is 6.18 Å². The Labute approximate surface area is 118 Å². The molecule has 5 heteroatoms. The average molecular weight is 289 g/mol. The minimum absolute atomic E-state index is 0.0798. The zero-order chi connectivity index (χ0) is 15.4. The van der Waals surface area contributed by atoms with Crippen molar-refractivity contribution in [2.45, 2.75) is 44.8 Å². The summed E-state index contributed by atoms with van der Waals surface area (Å²) in [5.41, 5.74) is 8.06. The first-order valence-electron chi connectivity index (χ1n) is 6.57. The van der Waals surface area contributed by atoms with Gasteiger partial charge in [-0.25, -0.2) is 0 Å². The van der Waals surface area contributed by atoms with E-state index in [-0.39, 0.29) is 12.0 Å². The molecule has 0 radical (unpaired) electrons. The Kier molecular flexibility index (Phi) is 5.59. The predicted octanol–water partition coefficient (Wildman–Crippen LogP) is 3.43. The molecule has 0 aliphatic carbocycles. The summed E-state index contributed by atoms with van der Waals surface area (Å²) in [5.74, 6) is 0. The summed E-state index contributed by atoms with van der Waals surface area (Å²) >= 11 is 0. The molecule has 0 aliphatic heterocycles. The van der Waals surface area contributed by atoms with E-state index in [1.54, 1.807) is 0 Å². The molecule has 114 valence electrons. The maximum absolute atomic E-state index is 11.9. The molecule has 0 spiro atoms. The summed E-state index contributed by atoms with van der Waals surface area (Å²) in [6.07, 6.45) is -3.80. The fourth-order valence-electron chi connectivity index (χ4n) is 1.83. The van der Waals surface area contributed by atoms with E-state index in [2.05, 4.69) is 25.5 Å². The van der Waals surface area contributed by atoms with Crippen molar-refractivity contribution in [3.8, 4) is 0 Å². The van der Waals surface area contributed by atoms with E-state index in [0.717, 1.165) is 5.56 Å². The number of alkyl halides is 3. The topological polar surface area (TPSA) is 35.2 Å². The van der Waals surface area contributed by atoms with Gasteiger partial charge in [-0.1, -0.05) is 45.0 Å². The van der Waals surface area contributed by atoms with E-state index in [4.69, 9.17) is 5.73 Å². The van der Waals surface area contributed by atoms with Crippen molar-refractivity contribution < 1.29 is 17.9 Å². The normalized spacial score (nSPS) is 14.3. The van der Waals surface area contributed by atoms with Crippen LogP contribution in [0.15, 0.2) is 24.3 Å². The van der Waals surface area contributed by atoms with E-state index < -0.39 is 18.8 Å². The van der Waals surface area contributed by atoms with Crippen LogP contribution in [0, 0.1) is 0 Å². The quantitative estimate of drug-likeness (QED) is 0.901. The van der Waals surface area contributed by atoms with Gasteiger partial charge in [-0.2, -0.15) is 13.2 Å². The third-order valence-corrected chi connectivity index (χ3v) is 2.92. The molecule has 0 heterocycles. The Morgan fingerprint density at radius 3 is 2.10 bits per heavy atom. The van der Waals surface area contributed by atoms with Crippen LogP contribution in [0.4, 0.5) is 13.2 Å². The van der Waals surface area contributed by atoms with Crippen LogP contribution in [0.2, 0.25) is 0 Å². The van der Waals surface area contributed by atoms with Crippen LogP contribution < -0.4 is 5.73 Å². The van der Waals surface area contributed by atoms with Crippen LogP contribution >= 0.6 is 0 Å². The van der Waals surface area contributed by atoms with Crippen molar-refractivity contribution in [1.29, 1.82) is 0 Å². The molecule has 1 unspecified atom stereocenters. The first-order valence-corrected chi connectivity index (χ1v) is 6.57. The molecule has 0 aliphatic rings. The fraction of sp³-hybridized carbons (Fsp3) is 0.600. The van der Waals surface area contributed by atoms with Gasteiger partial charge in [0.15, 0.2) is 0 Å². The Morgan fingerprint density at radius 2 is 1.65 bits per heavy atom. The van der Waals surface area contributed by atoms with Gasteiger partial charge in [0.1, 0.15) is 6.61 Å². The zero-order valence-corrected chi connectivity index (χ0v) is 12.1. The van der Waals surface area contributed by atoms with Crippen LogP contribution in [0.5, 0.6) is 0 Å². The zero-order valence-electron chi connectivity index (χ0n) is 12.1. The van der Waals surface area contributed by atoms with Crippen LogP contribution in [-0.2, 0) is 16.6 Å². The molecular formula is C15H22F3NO. The van der Waals surface area contributed by atoms with Gasteiger partial charge < -0.3 is 10.5 Å². The number of benzene rings is 1. The molecule has 0 amide bonds. The number of halogens is 3. The molecule has 0 saturated carbocycles. The second-order valence-corrected chi connectivity index (χ2v) is 6.04. The average Bonchev–Trinajstić information content (AvgIpc) is 2.26. The molecule has 1 atom stereocenters. The number of hydrogen-bond acceptors (Lipinski definition) is 2. The summed E-state index contributed by atoms with van der Waals surface area (Å²) in [7, 11) is 0. The second kappa shape index (κ2) is 6.59. The second-order valence-electron chi connectivity index (χ2n) is 6.04. The smallest absolute Gasteiger partial charge is 0.370 e. The summed E-state index contributed by atoms with van der Waals surface area (Å²) in [6.45, 7) is 5.03. The third kappa shape index (κ3) is 6.39. The number of ether oxygens (including phenoxy) is 1. The molecule has 2 N–H and O–H groups in total. The lowest BCUT2D eigenvalue weighted by Crippen LogP contribution is -2.31. The Hall–Kier alpha value is -1.07. The van der Waals surface area contributed by atoms with Gasteiger partial charge in [-0.15, -0.1) is 0 Å². The lowest BCUT2D eigenvalue weighted by molar-refractivity contribution is -0.174. The summed E-state index contributed by atoms with van der Waals surface area (Å²) in [6, 6.07) is 7.55. The van der Waals surface area contributed by atoms with Crippen molar-refractivity contribution in [3.63, 3.8) is 0 Å². The molecule has 1 rings (SSSR count). The molecule has 0 bridgehead atoms. The number of hydrogen-bond donors (Lipinski definition) is 1. The van der Waals surface area contributed by atoms with Gasteiger partial charge in [-0.3, -0.25) is 0 Å². The van der Waals surface area contributed by atoms with E-state index in [1.807, 2.05) is 24.3 Å². The Bertz CT molecular complexity index is 407. The van der Waals surface area contributed by atoms with Crippen LogP contribution in [-0.4, -0.2) is 25.4 Å². The molecule has 2 nitrogen and oxygen atoms in total. The lowest BCUT2D eigenvalue weighted by Gasteiger charge is -2.19. The predicted molar refractivity (Wildman–Crippen MR) is 73.7 cm³/mol. The Morgan fingerprint density at radius 1 is 1.10 bits per heavy atom. The van der Waals surface area contributed by atoms with Gasteiger partial charge in [-0.05, 0) is 23.0 Å². The van der Waals surface area contributed by atoms with Crippen molar-refractivity contribution in [1.82, 2.24) is 0 Å². The highest BCUT2D eigenvalue weighted by molar-refractivity contribution is 5.27. The molecule has 0 fully saturated rings. The molecule has 0 aromatic heterocycles. The Balaban J connectivity index is 2.44. The standard InChI is InChI=1S/C15H22F3NO/c1-14(2,3)12-6-4-11(5-7-12)8-13(19)9-20-10-15(16,17)18/h4-7,13H,8-10,19H2,1-3H3. The molecule has 0 saturated heterocycles. The molecule has 20 heavy (non-hydrogen) atoms. The van der Waals surface area contributed by atoms with Crippen LogP contribution in [0.25, 0.3) is 0 Å². The minimum atomic E-state index is -4.30. The van der Waals surface area contributed by atoms with Crippen LogP contribution in [0.1, 0.15) is 31.9 Å². The molecular weight excluding hydrogens is 267 g/mol. The highest BCUT2D eigenvalue weighted by Crippen LogP contribution is 2.22. The van der Waals surface area contributed by atoms with Crippen molar-refractivity contribution in [2.24, 2.45) is 5.73 Å². The van der Waals surface area contributed by atoms with Crippen LogP contribution in [0.3, 0.4) is 0 Å². The number of nitrogens with two attached hydrogens (primary N) is 1. The lowest BCUT2D eigenvalue weighted by atomic mass is 9.86. The monoisotopic (exact) mass is 289 g/mol. The fourth-order valence-corrected chi connectivity index (χ4v) is 1.83.